The molecule has 8 heteroatoms. The van der Waals surface area contributed by atoms with E-state index in [-0.39, 0.29) is 4.90 Å². The Hall–Kier alpha value is -2.19. The third-order valence-corrected chi connectivity index (χ3v) is 5.95. The summed E-state index contributed by atoms with van der Waals surface area (Å²) in [5.41, 5.74) is 0.806. The van der Waals surface area contributed by atoms with Crippen LogP contribution in [0, 0.1) is 5.82 Å². The standard InChI is InChI=1S/C16H15FN2O3S2/c1-3-19-15-13(22-2)5-4-6-14(15)23-16(19)18-24(20,21)12-9-7-11(17)8-10-12/h4-10H,3H2,1-2H3. The molecule has 0 saturated heterocycles. The van der Waals surface area contributed by atoms with Crippen molar-refractivity contribution in [2.45, 2.75) is 18.4 Å². The van der Waals surface area contributed by atoms with Crippen LogP contribution in [-0.4, -0.2) is 20.1 Å². The van der Waals surface area contributed by atoms with E-state index in [0.717, 1.165) is 22.3 Å². The number of sulfonamides is 1. The van der Waals surface area contributed by atoms with Crippen molar-refractivity contribution in [3.05, 3.63) is 53.1 Å². The van der Waals surface area contributed by atoms with Gasteiger partial charge in [0, 0.05) is 6.54 Å². The third kappa shape index (κ3) is 2.94. The molecule has 0 bridgehead atoms. The fourth-order valence-corrected chi connectivity index (χ4v) is 4.70. The number of hydrogen-bond donors (Lipinski definition) is 0. The average molecular weight is 366 g/mol. The van der Waals surface area contributed by atoms with E-state index in [1.54, 1.807) is 11.7 Å². The Kier molecular flexibility index (Phi) is 4.42. The van der Waals surface area contributed by atoms with E-state index >= 15 is 0 Å². The molecule has 3 aromatic rings. The monoisotopic (exact) mass is 366 g/mol. The Labute approximate surface area is 142 Å². The molecule has 0 N–H and O–H groups in total. The smallest absolute Gasteiger partial charge is 0.285 e. The van der Waals surface area contributed by atoms with Gasteiger partial charge in [-0.3, -0.25) is 0 Å². The molecule has 3 rings (SSSR count). The van der Waals surface area contributed by atoms with Crippen LogP contribution in [-0.2, 0) is 16.6 Å². The second-order valence-electron chi connectivity index (χ2n) is 4.96. The van der Waals surface area contributed by atoms with Crippen molar-refractivity contribution >= 4 is 31.6 Å². The highest BCUT2D eigenvalue weighted by Gasteiger charge is 2.16. The topological polar surface area (TPSA) is 60.7 Å². The van der Waals surface area contributed by atoms with Gasteiger partial charge in [-0.2, -0.15) is 8.42 Å². The zero-order chi connectivity index (χ0) is 17.3. The molecular formula is C16H15FN2O3S2. The van der Waals surface area contributed by atoms with Gasteiger partial charge in [0.05, 0.1) is 16.7 Å². The summed E-state index contributed by atoms with van der Waals surface area (Å²) in [6.07, 6.45) is 0. The van der Waals surface area contributed by atoms with Crippen LogP contribution in [0.25, 0.3) is 10.2 Å². The minimum absolute atomic E-state index is 0.0454. The van der Waals surface area contributed by atoms with Crippen LogP contribution >= 0.6 is 11.3 Å². The van der Waals surface area contributed by atoms with Crippen molar-refractivity contribution in [3.8, 4) is 5.75 Å². The lowest BCUT2D eigenvalue weighted by Gasteiger charge is -2.05. The van der Waals surface area contributed by atoms with Crippen LogP contribution in [0.3, 0.4) is 0 Å². The lowest BCUT2D eigenvalue weighted by atomic mass is 10.3. The molecular weight excluding hydrogens is 351 g/mol. The first-order valence-corrected chi connectivity index (χ1v) is 9.45. The zero-order valence-electron chi connectivity index (χ0n) is 13.1. The Morgan fingerprint density at radius 3 is 2.54 bits per heavy atom. The quantitative estimate of drug-likeness (QED) is 0.713. The van der Waals surface area contributed by atoms with E-state index in [1.807, 2.05) is 25.1 Å². The highest BCUT2D eigenvalue weighted by molar-refractivity contribution is 7.90. The van der Waals surface area contributed by atoms with Gasteiger partial charge in [0.2, 0.25) is 4.80 Å². The number of ether oxygens (including phenoxy) is 1. The highest BCUT2D eigenvalue weighted by atomic mass is 32.2. The zero-order valence-corrected chi connectivity index (χ0v) is 14.7. The number of para-hydroxylation sites is 1. The van der Waals surface area contributed by atoms with Crippen molar-refractivity contribution < 1.29 is 17.5 Å². The molecule has 0 unspecified atom stereocenters. The second-order valence-corrected chi connectivity index (χ2v) is 7.57. The summed E-state index contributed by atoms with van der Waals surface area (Å²) in [6.45, 7) is 2.44. The van der Waals surface area contributed by atoms with Gasteiger partial charge >= 0.3 is 0 Å². The SMILES string of the molecule is CCn1c(=NS(=O)(=O)c2ccc(F)cc2)sc2cccc(OC)c21. The summed E-state index contributed by atoms with van der Waals surface area (Å²) in [5.74, 6) is 0.162. The van der Waals surface area contributed by atoms with Crippen molar-refractivity contribution in [2.24, 2.45) is 4.40 Å². The van der Waals surface area contributed by atoms with Crippen molar-refractivity contribution in [2.75, 3.05) is 7.11 Å². The summed E-state index contributed by atoms with van der Waals surface area (Å²) in [7, 11) is -2.35. The summed E-state index contributed by atoms with van der Waals surface area (Å²) in [4.78, 5) is 0.303. The molecule has 0 atom stereocenters. The number of nitrogens with zero attached hydrogens (tertiary/aromatic N) is 2. The predicted octanol–water partition coefficient (Wildman–Crippen LogP) is 3.16. The predicted molar refractivity (Wildman–Crippen MR) is 91.2 cm³/mol. The minimum atomic E-state index is -3.92. The van der Waals surface area contributed by atoms with Gasteiger partial charge in [0.15, 0.2) is 0 Å². The lowest BCUT2D eigenvalue weighted by Crippen LogP contribution is -2.16. The normalized spacial score (nSPS) is 12.7. The fraction of sp³-hybridized carbons (Fsp3) is 0.188. The van der Waals surface area contributed by atoms with E-state index in [0.29, 0.717) is 17.1 Å². The largest absolute Gasteiger partial charge is 0.495 e. The molecule has 0 radical (unpaired) electrons. The Balaban J connectivity index is 2.25. The molecule has 0 aliphatic heterocycles. The fourth-order valence-electron chi connectivity index (χ4n) is 2.39. The molecule has 0 fully saturated rings. The van der Waals surface area contributed by atoms with Gasteiger partial charge in [0.25, 0.3) is 10.0 Å². The van der Waals surface area contributed by atoms with Crippen LogP contribution in [0.15, 0.2) is 51.8 Å². The summed E-state index contributed by atoms with van der Waals surface area (Å²) >= 11 is 1.27. The number of benzene rings is 2. The van der Waals surface area contributed by atoms with E-state index in [1.165, 1.54) is 23.5 Å². The van der Waals surface area contributed by atoms with Gasteiger partial charge in [-0.15, -0.1) is 4.40 Å². The van der Waals surface area contributed by atoms with Crippen molar-refractivity contribution in [3.63, 3.8) is 0 Å². The molecule has 126 valence electrons. The van der Waals surface area contributed by atoms with Gasteiger partial charge in [-0.25, -0.2) is 4.39 Å². The molecule has 0 aliphatic carbocycles. The molecule has 2 aromatic carbocycles. The van der Waals surface area contributed by atoms with Gasteiger partial charge < -0.3 is 9.30 Å². The first kappa shape index (κ1) is 16.7. The number of methoxy groups -OCH3 is 1. The first-order valence-electron chi connectivity index (χ1n) is 7.19. The second kappa shape index (κ2) is 6.37. The first-order chi connectivity index (χ1) is 11.5. The van der Waals surface area contributed by atoms with Crippen LogP contribution < -0.4 is 9.54 Å². The minimum Gasteiger partial charge on any atom is -0.495 e. The Morgan fingerprint density at radius 1 is 1.21 bits per heavy atom. The molecule has 1 aromatic heterocycles. The maximum absolute atomic E-state index is 13.0. The average Bonchev–Trinajstić information content (AvgIpc) is 2.91. The summed E-state index contributed by atoms with van der Waals surface area (Å²) < 4.78 is 50.0. The van der Waals surface area contributed by atoms with Crippen LogP contribution in [0.2, 0.25) is 0 Å². The Morgan fingerprint density at radius 2 is 1.92 bits per heavy atom. The summed E-state index contributed by atoms with van der Waals surface area (Å²) in [5, 5.41) is 0. The van der Waals surface area contributed by atoms with E-state index in [2.05, 4.69) is 4.40 Å². The van der Waals surface area contributed by atoms with Crippen LogP contribution in [0.5, 0.6) is 5.75 Å². The van der Waals surface area contributed by atoms with Crippen molar-refractivity contribution in [1.82, 2.24) is 4.57 Å². The maximum Gasteiger partial charge on any atom is 0.285 e. The molecule has 0 saturated carbocycles. The van der Waals surface area contributed by atoms with E-state index in [4.69, 9.17) is 4.74 Å². The lowest BCUT2D eigenvalue weighted by molar-refractivity contribution is 0.417. The number of aromatic nitrogens is 1. The summed E-state index contributed by atoms with van der Waals surface area (Å²) in [6, 6.07) is 10.2. The molecule has 24 heavy (non-hydrogen) atoms. The Bertz CT molecular complexity index is 1050. The van der Waals surface area contributed by atoms with E-state index < -0.39 is 15.8 Å². The number of hydrogen-bond acceptors (Lipinski definition) is 4. The van der Waals surface area contributed by atoms with Crippen molar-refractivity contribution in [1.29, 1.82) is 0 Å². The molecule has 5 nitrogen and oxygen atoms in total. The molecule has 0 amide bonds. The van der Waals surface area contributed by atoms with Gasteiger partial charge in [-0.05, 0) is 43.3 Å². The maximum atomic E-state index is 13.0. The molecule has 1 heterocycles. The number of halogens is 1. The van der Waals surface area contributed by atoms with Gasteiger partial charge in [-0.1, -0.05) is 17.4 Å². The van der Waals surface area contributed by atoms with Crippen LogP contribution in [0.1, 0.15) is 6.92 Å². The molecule has 0 spiro atoms. The van der Waals surface area contributed by atoms with E-state index in [9.17, 15) is 12.8 Å². The highest BCUT2D eigenvalue weighted by Crippen LogP contribution is 2.27. The van der Waals surface area contributed by atoms with Crippen LogP contribution in [0.4, 0.5) is 4.39 Å². The number of rotatable bonds is 4. The third-order valence-electron chi connectivity index (χ3n) is 3.51. The molecule has 0 aliphatic rings. The van der Waals surface area contributed by atoms with Gasteiger partial charge in [0.1, 0.15) is 17.1 Å². The number of aryl methyl sites for hydroxylation is 1. The number of fused-ring (bicyclic) bond motifs is 1. The number of thiazole rings is 1.